The van der Waals surface area contributed by atoms with Crippen molar-refractivity contribution in [3.05, 3.63) is 70.6 Å². The van der Waals surface area contributed by atoms with E-state index < -0.39 is 10.0 Å². The van der Waals surface area contributed by atoms with Crippen LogP contribution in [0.2, 0.25) is 5.02 Å². The summed E-state index contributed by atoms with van der Waals surface area (Å²) >= 11 is 7.13. The molecule has 1 N–H and O–H groups in total. The van der Waals surface area contributed by atoms with E-state index in [1.54, 1.807) is 60.0 Å². The van der Waals surface area contributed by atoms with E-state index in [0.717, 1.165) is 11.3 Å². The summed E-state index contributed by atoms with van der Waals surface area (Å²) < 4.78 is 31.8. The van der Waals surface area contributed by atoms with Crippen molar-refractivity contribution in [1.82, 2.24) is 0 Å². The number of rotatable bonds is 6. The molecule has 3 aromatic rings. The zero-order chi connectivity index (χ0) is 20.3. The molecule has 0 radical (unpaired) electrons. The number of amides is 1. The Morgan fingerprint density at radius 3 is 2.46 bits per heavy atom. The van der Waals surface area contributed by atoms with Crippen molar-refractivity contribution in [3.8, 4) is 5.75 Å². The second-order valence-electron chi connectivity index (χ2n) is 5.75. The Morgan fingerprint density at radius 1 is 1.14 bits per heavy atom. The van der Waals surface area contributed by atoms with Gasteiger partial charge in [-0.25, -0.2) is 8.42 Å². The van der Waals surface area contributed by atoms with Crippen LogP contribution in [-0.4, -0.2) is 28.5 Å². The third-order valence-corrected chi connectivity index (χ3v) is 7.41. The average molecular weight is 437 g/mol. The van der Waals surface area contributed by atoms with Gasteiger partial charge >= 0.3 is 0 Å². The van der Waals surface area contributed by atoms with E-state index in [1.165, 1.54) is 18.5 Å². The molecule has 9 heteroatoms. The lowest BCUT2D eigenvalue weighted by molar-refractivity contribution is 0.102. The molecule has 0 aliphatic rings. The van der Waals surface area contributed by atoms with E-state index >= 15 is 0 Å². The highest BCUT2D eigenvalue weighted by atomic mass is 35.5. The number of sulfonamides is 1. The molecule has 0 saturated carbocycles. The molecule has 28 heavy (non-hydrogen) atoms. The van der Waals surface area contributed by atoms with Gasteiger partial charge in [-0.1, -0.05) is 17.7 Å². The van der Waals surface area contributed by atoms with Gasteiger partial charge in [0.2, 0.25) is 0 Å². The van der Waals surface area contributed by atoms with Gasteiger partial charge in [-0.2, -0.15) is 0 Å². The number of halogens is 1. The lowest BCUT2D eigenvalue weighted by Crippen LogP contribution is -2.25. The van der Waals surface area contributed by atoms with Crippen LogP contribution in [0.4, 0.5) is 11.4 Å². The van der Waals surface area contributed by atoms with Gasteiger partial charge in [-0.15, -0.1) is 11.3 Å². The maximum Gasteiger partial charge on any atom is 0.273 e. The van der Waals surface area contributed by atoms with Crippen molar-refractivity contribution < 1.29 is 17.9 Å². The molecule has 0 atom stereocenters. The number of benzene rings is 2. The molecule has 2 aromatic carbocycles. The van der Waals surface area contributed by atoms with Crippen molar-refractivity contribution >= 4 is 50.2 Å². The summed E-state index contributed by atoms with van der Waals surface area (Å²) in [5.41, 5.74) is 1.26. The number of thiophene rings is 1. The van der Waals surface area contributed by atoms with Crippen molar-refractivity contribution in [3.63, 3.8) is 0 Å². The monoisotopic (exact) mass is 436 g/mol. The Kier molecular flexibility index (Phi) is 5.93. The van der Waals surface area contributed by atoms with Crippen LogP contribution < -0.4 is 14.4 Å². The summed E-state index contributed by atoms with van der Waals surface area (Å²) in [6.45, 7) is 0. The van der Waals surface area contributed by atoms with Crippen molar-refractivity contribution in [1.29, 1.82) is 0 Å². The first-order valence-electron chi connectivity index (χ1n) is 8.10. The van der Waals surface area contributed by atoms with Crippen LogP contribution in [0.1, 0.15) is 10.4 Å². The summed E-state index contributed by atoms with van der Waals surface area (Å²) in [6, 6.07) is 14.4. The van der Waals surface area contributed by atoms with Crippen LogP contribution >= 0.6 is 22.9 Å². The highest BCUT2D eigenvalue weighted by Crippen LogP contribution is 2.29. The summed E-state index contributed by atoms with van der Waals surface area (Å²) in [5, 5.41) is 4.91. The number of nitrogens with zero attached hydrogens (tertiary/aromatic N) is 1. The summed E-state index contributed by atoms with van der Waals surface area (Å²) in [4.78, 5) is 12.5. The second kappa shape index (κ2) is 8.22. The Hall–Kier alpha value is -2.55. The molecule has 0 unspecified atom stereocenters. The van der Waals surface area contributed by atoms with Gasteiger partial charge in [0.15, 0.2) is 0 Å². The lowest BCUT2D eigenvalue weighted by Gasteiger charge is -2.18. The van der Waals surface area contributed by atoms with Gasteiger partial charge in [0.1, 0.15) is 9.96 Å². The number of nitrogens with one attached hydrogen (secondary N) is 1. The molecule has 146 valence electrons. The fourth-order valence-corrected chi connectivity index (χ4v) is 5.01. The first-order valence-corrected chi connectivity index (χ1v) is 10.8. The minimum absolute atomic E-state index is 0.255. The van der Waals surface area contributed by atoms with E-state index in [9.17, 15) is 13.2 Å². The van der Waals surface area contributed by atoms with Crippen LogP contribution in [0.5, 0.6) is 5.75 Å². The smallest absolute Gasteiger partial charge is 0.273 e. The van der Waals surface area contributed by atoms with Gasteiger partial charge in [0.25, 0.3) is 15.9 Å². The summed E-state index contributed by atoms with van der Waals surface area (Å²) in [7, 11) is -0.653. The molecule has 1 heterocycles. The maximum absolute atomic E-state index is 12.6. The Bertz CT molecular complexity index is 1080. The molecule has 0 fully saturated rings. The molecule has 6 nitrogen and oxygen atoms in total. The van der Waals surface area contributed by atoms with E-state index in [2.05, 4.69) is 5.32 Å². The van der Waals surface area contributed by atoms with Gasteiger partial charge in [-0.05, 0) is 53.9 Å². The molecule has 0 bridgehead atoms. The standard InChI is InChI=1S/C19H17ClN2O4S2/c1-22(28(24,25)18-4-3-11-27-18)15-8-5-13(6-9-15)19(23)21-16-12-14(20)7-10-17(16)26-2/h3-12H,1-2H3,(H,21,23). The molecule has 3 rings (SSSR count). The van der Waals surface area contributed by atoms with Gasteiger partial charge < -0.3 is 10.1 Å². The highest BCUT2D eigenvalue weighted by molar-refractivity contribution is 7.94. The molecular formula is C19H17ClN2O4S2. The summed E-state index contributed by atoms with van der Waals surface area (Å²) in [6.07, 6.45) is 0. The first-order chi connectivity index (χ1) is 13.3. The fraction of sp³-hybridized carbons (Fsp3) is 0.105. The van der Waals surface area contributed by atoms with Crippen molar-refractivity contribution in [2.75, 3.05) is 23.8 Å². The van der Waals surface area contributed by atoms with Crippen LogP contribution in [0.25, 0.3) is 0 Å². The fourth-order valence-electron chi connectivity index (χ4n) is 2.48. The van der Waals surface area contributed by atoms with Crippen LogP contribution in [-0.2, 0) is 10.0 Å². The van der Waals surface area contributed by atoms with Crippen LogP contribution in [0.15, 0.2) is 64.2 Å². The second-order valence-corrected chi connectivity index (χ2v) is 9.33. The molecular weight excluding hydrogens is 420 g/mol. The predicted octanol–water partition coefficient (Wildman–Crippen LogP) is 4.49. The highest BCUT2D eigenvalue weighted by Gasteiger charge is 2.22. The summed E-state index contributed by atoms with van der Waals surface area (Å²) in [5.74, 6) is 0.118. The number of carbonyl (C=O) groups is 1. The number of anilines is 2. The molecule has 1 amide bonds. The van der Waals surface area contributed by atoms with E-state index in [4.69, 9.17) is 16.3 Å². The third-order valence-electron chi connectivity index (χ3n) is 4.01. The third kappa shape index (κ3) is 4.14. The zero-order valence-electron chi connectivity index (χ0n) is 15.0. The van der Waals surface area contributed by atoms with Gasteiger partial charge in [0.05, 0.1) is 18.5 Å². The predicted molar refractivity (Wildman–Crippen MR) is 112 cm³/mol. The van der Waals surface area contributed by atoms with Crippen LogP contribution in [0.3, 0.4) is 0 Å². The van der Waals surface area contributed by atoms with Gasteiger partial charge in [-0.3, -0.25) is 9.10 Å². The molecule has 0 saturated heterocycles. The topological polar surface area (TPSA) is 75.7 Å². The average Bonchev–Trinajstić information content (AvgIpc) is 3.23. The minimum Gasteiger partial charge on any atom is -0.495 e. The van der Waals surface area contributed by atoms with Crippen LogP contribution in [0, 0.1) is 0 Å². The molecule has 0 spiro atoms. The number of hydrogen-bond acceptors (Lipinski definition) is 5. The molecule has 0 aliphatic heterocycles. The molecule has 0 aliphatic carbocycles. The van der Waals surface area contributed by atoms with E-state index in [-0.39, 0.29) is 10.1 Å². The van der Waals surface area contributed by atoms with Crippen molar-refractivity contribution in [2.24, 2.45) is 0 Å². The SMILES string of the molecule is COc1ccc(Cl)cc1NC(=O)c1ccc(N(C)S(=O)(=O)c2cccs2)cc1. The molecule has 1 aromatic heterocycles. The lowest BCUT2D eigenvalue weighted by atomic mass is 10.2. The quantitative estimate of drug-likeness (QED) is 0.617. The van der Waals surface area contributed by atoms with Gasteiger partial charge in [0, 0.05) is 17.6 Å². The normalized spacial score (nSPS) is 11.1. The largest absolute Gasteiger partial charge is 0.495 e. The van der Waals surface area contributed by atoms with E-state index in [0.29, 0.717) is 27.7 Å². The number of ether oxygens (including phenoxy) is 1. The number of methoxy groups -OCH3 is 1. The number of carbonyl (C=O) groups excluding carboxylic acids is 1. The maximum atomic E-state index is 12.6. The minimum atomic E-state index is -3.62. The number of hydrogen-bond donors (Lipinski definition) is 1. The van der Waals surface area contributed by atoms with Crippen molar-refractivity contribution in [2.45, 2.75) is 4.21 Å². The zero-order valence-corrected chi connectivity index (χ0v) is 17.4. The Balaban J connectivity index is 1.79. The first kappa shape index (κ1) is 20.2. The van der Waals surface area contributed by atoms with E-state index in [1.807, 2.05) is 0 Å². The Morgan fingerprint density at radius 2 is 1.86 bits per heavy atom. The Labute approximate surface area is 172 Å².